The number of carbonyl (C=O) groups is 1. The molecule has 0 spiro atoms. The molecule has 0 aromatic heterocycles. The molecule has 2 rings (SSSR count). The number of rotatable bonds is 4. The van der Waals surface area contributed by atoms with Crippen LogP contribution in [-0.2, 0) is 9.53 Å². The molecule has 1 aromatic rings. The number of nitrogens with one attached hydrogen (secondary N) is 1. The van der Waals surface area contributed by atoms with Gasteiger partial charge in [0.1, 0.15) is 25.9 Å². The van der Waals surface area contributed by atoms with Gasteiger partial charge < -0.3 is 19.5 Å². The molecule has 0 saturated carbocycles. The van der Waals surface area contributed by atoms with E-state index < -0.39 is 24.8 Å². The normalized spacial score (nSPS) is 15.3. The SMILES string of the molecule is C[C@H](OCC(F)(F)F)C(=O)Nc1cc2c(cc1Br)OCCO2. The third kappa shape index (κ3) is 4.51. The minimum atomic E-state index is -4.48. The average molecular weight is 384 g/mol. The third-order valence-corrected chi connectivity index (χ3v) is 3.41. The first-order chi connectivity index (χ1) is 10.3. The van der Waals surface area contributed by atoms with Gasteiger partial charge in [-0.3, -0.25) is 4.79 Å². The third-order valence-electron chi connectivity index (χ3n) is 2.76. The minimum Gasteiger partial charge on any atom is -0.486 e. The topological polar surface area (TPSA) is 56.8 Å². The van der Waals surface area contributed by atoms with Crippen LogP contribution in [0.4, 0.5) is 18.9 Å². The second-order valence-corrected chi connectivity index (χ2v) is 5.39. The number of hydrogen-bond acceptors (Lipinski definition) is 4. The molecule has 5 nitrogen and oxygen atoms in total. The number of halogens is 4. The molecule has 1 aliphatic heterocycles. The highest BCUT2D eigenvalue weighted by molar-refractivity contribution is 9.10. The molecule has 0 radical (unpaired) electrons. The molecular weight excluding hydrogens is 371 g/mol. The second-order valence-electron chi connectivity index (χ2n) is 4.53. The predicted octanol–water partition coefficient (Wildman–Crippen LogP) is 3.13. The van der Waals surface area contributed by atoms with E-state index in [4.69, 9.17) is 9.47 Å². The first-order valence-corrected chi connectivity index (χ1v) is 7.14. The van der Waals surface area contributed by atoms with Gasteiger partial charge in [0.2, 0.25) is 0 Å². The maximum atomic E-state index is 12.1. The lowest BCUT2D eigenvalue weighted by Gasteiger charge is -2.21. The van der Waals surface area contributed by atoms with Crippen LogP contribution in [0.3, 0.4) is 0 Å². The summed E-state index contributed by atoms with van der Waals surface area (Å²) in [6.45, 7) is 0.567. The Bertz CT molecular complexity index is 565. The Hall–Kier alpha value is -1.48. The summed E-state index contributed by atoms with van der Waals surface area (Å²) in [7, 11) is 0. The summed E-state index contributed by atoms with van der Waals surface area (Å²) in [5, 5.41) is 2.48. The van der Waals surface area contributed by atoms with Crippen molar-refractivity contribution in [2.24, 2.45) is 0 Å². The summed E-state index contributed by atoms with van der Waals surface area (Å²) in [4.78, 5) is 11.9. The zero-order valence-electron chi connectivity index (χ0n) is 11.5. The number of hydrogen-bond donors (Lipinski definition) is 1. The molecular formula is C13H13BrF3NO4. The molecule has 1 aliphatic rings. The van der Waals surface area contributed by atoms with Gasteiger partial charge in [-0.1, -0.05) is 0 Å². The van der Waals surface area contributed by atoms with Crippen LogP contribution in [0.5, 0.6) is 11.5 Å². The van der Waals surface area contributed by atoms with E-state index >= 15 is 0 Å². The van der Waals surface area contributed by atoms with Crippen molar-refractivity contribution >= 4 is 27.5 Å². The number of fused-ring (bicyclic) bond motifs is 1. The number of benzene rings is 1. The fraction of sp³-hybridized carbons (Fsp3) is 0.462. The lowest BCUT2D eigenvalue weighted by molar-refractivity contribution is -0.184. The van der Waals surface area contributed by atoms with E-state index in [0.29, 0.717) is 34.9 Å². The van der Waals surface area contributed by atoms with Crippen LogP contribution in [0.15, 0.2) is 16.6 Å². The summed E-state index contributed by atoms with van der Waals surface area (Å²) >= 11 is 3.25. The van der Waals surface area contributed by atoms with Crippen LogP contribution in [0, 0.1) is 0 Å². The molecule has 0 bridgehead atoms. The largest absolute Gasteiger partial charge is 0.486 e. The second kappa shape index (κ2) is 6.74. The van der Waals surface area contributed by atoms with E-state index in [0.717, 1.165) is 0 Å². The minimum absolute atomic E-state index is 0.358. The smallest absolute Gasteiger partial charge is 0.411 e. The van der Waals surface area contributed by atoms with Gasteiger partial charge in [0.15, 0.2) is 11.5 Å². The summed E-state index contributed by atoms with van der Waals surface area (Å²) in [5.74, 6) is 0.285. The molecule has 1 N–H and O–H groups in total. The molecule has 1 amide bonds. The van der Waals surface area contributed by atoms with Gasteiger partial charge in [0.25, 0.3) is 5.91 Å². The molecule has 0 saturated heterocycles. The van der Waals surface area contributed by atoms with Crippen molar-refractivity contribution in [2.45, 2.75) is 19.2 Å². The van der Waals surface area contributed by atoms with Crippen LogP contribution < -0.4 is 14.8 Å². The predicted molar refractivity (Wildman–Crippen MR) is 75.2 cm³/mol. The van der Waals surface area contributed by atoms with E-state index in [1.807, 2.05) is 0 Å². The summed E-state index contributed by atoms with van der Waals surface area (Å²) in [6, 6.07) is 3.15. The van der Waals surface area contributed by atoms with Gasteiger partial charge in [0.05, 0.1) is 5.69 Å². The van der Waals surface area contributed by atoms with E-state index in [1.54, 1.807) is 6.07 Å². The highest BCUT2D eigenvalue weighted by Gasteiger charge is 2.30. The fourth-order valence-electron chi connectivity index (χ4n) is 1.69. The number of amides is 1. The Morgan fingerprint density at radius 1 is 1.36 bits per heavy atom. The molecule has 1 atom stereocenters. The number of alkyl halides is 3. The Balaban J connectivity index is 2.02. The van der Waals surface area contributed by atoms with E-state index in [9.17, 15) is 18.0 Å². The maximum absolute atomic E-state index is 12.1. The Labute approximate surface area is 132 Å². The number of anilines is 1. The van der Waals surface area contributed by atoms with Crippen LogP contribution in [-0.4, -0.2) is 38.0 Å². The lowest BCUT2D eigenvalue weighted by Crippen LogP contribution is -2.31. The molecule has 1 aromatic carbocycles. The highest BCUT2D eigenvalue weighted by atomic mass is 79.9. The quantitative estimate of drug-likeness (QED) is 0.867. The van der Waals surface area contributed by atoms with Crippen LogP contribution in [0.25, 0.3) is 0 Å². The van der Waals surface area contributed by atoms with Crippen LogP contribution in [0.2, 0.25) is 0 Å². The zero-order valence-corrected chi connectivity index (χ0v) is 13.1. The number of carbonyl (C=O) groups excluding carboxylic acids is 1. The Kier molecular flexibility index (Phi) is 5.17. The van der Waals surface area contributed by atoms with E-state index in [2.05, 4.69) is 26.0 Å². The monoisotopic (exact) mass is 383 g/mol. The fourth-order valence-corrected chi connectivity index (χ4v) is 2.11. The van der Waals surface area contributed by atoms with Crippen LogP contribution >= 0.6 is 15.9 Å². The number of ether oxygens (including phenoxy) is 3. The average Bonchev–Trinajstić information content (AvgIpc) is 2.44. The van der Waals surface area contributed by atoms with E-state index in [-0.39, 0.29) is 0 Å². The Morgan fingerprint density at radius 2 is 1.95 bits per heavy atom. The van der Waals surface area contributed by atoms with E-state index in [1.165, 1.54) is 13.0 Å². The molecule has 1 heterocycles. The molecule has 0 unspecified atom stereocenters. The van der Waals surface area contributed by atoms with Crippen molar-refractivity contribution in [3.63, 3.8) is 0 Å². The van der Waals surface area contributed by atoms with Crippen molar-refractivity contribution in [3.05, 3.63) is 16.6 Å². The van der Waals surface area contributed by atoms with Crippen molar-refractivity contribution in [1.82, 2.24) is 0 Å². The van der Waals surface area contributed by atoms with Gasteiger partial charge in [0, 0.05) is 16.6 Å². The standard InChI is InChI=1S/C13H13BrF3NO4/c1-7(22-6-13(15,16)17)12(19)18-9-5-11-10(4-8(9)14)20-2-3-21-11/h4-5,7H,2-3,6H2,1H3,(H,18,19)/t7-/m0/s1. The van der Waals surface area contributed by atoms with Gasteiger partial charge >= 0.3 is 6.18 Å². The van der Waals surface area contributed by atoms with Crippen LogP contribution in [0.1, 0.15) is 6.92 Å². The van der Waals surface area contributed by atoms with Crippen molar-refractivity contribution in [3.8, 4) is 11.5 Å². The first kappa shape index (κ1) is 16.9. The lowest BCUT2D eigenvalue weighted by atomic mass is 10.2. The van der Waals surface area contributed by atoms with Gasteiger partial charge in [-0.05, 0) is 22.9 Å². The molecule has 122 valence electrons. The van der Waals surface area contributed by atoms with Gasteiger partial charge in [-0.25, -0.2) is 0 Å². The van der Waals surface area contributed by atoms with Crippen molar-refractivity contribution < 1.29 is 32.2 Å². The first-order valence-electron chi connectivity index (χ1n) is 6.34. The highest BCUT2D eigenvalue weighted by Crippen LogP contribution is 2.38. The summed E-state index contributed by atoms with van der Waals surface area (Å²) in [5.41, 5.74) is 0.358. The van der Waals surface area contributed by atoms with Crippen molar-refractivity contribution in [1.29, 1.82) is 0 Å². The summed E-state index contributed by atoms with van der Waals surface area (Å²) in [6.07, 6.45) is -5.73. The molecule has 9 heteroatoms. The molecule has 0 fully saturated rings. The zero-order chi connectivity index (χ0) is 16.3. The Morgan fingerprint density at radius 3 is 2.55 bits per heavy atom. The van der Waals surface area contributed by atoms with Crippen molar-refractivity contribution in [2.75, 3.05) is 25.1 Å². The summed E-state index contributed by atoms with van der Waals surface area (Å²) < 4.78 is 51.9. The van der Waals surface area contributed by atoms with Gasteiger partial charge in [-0.15, -0.1) is 0 Å². The molecule has 0 aliphatic carbocycles. The maximum Gasteiger partial charge on any atom is 0.411 e. The molecule has 22 heavy (non-hydrogen) atoms. The van der Waals surface area contributed by atoms with Gasteiger partial charge in [-0.2, -0.15) is 13.2 Å².